The molecule has 0 atom stereocenters. The number of carbonyl (C=O) groups is 6. The van der Waals surface area contributed by atoms with Crippen LogP contribution in [0.5, 0.6) is 0 Å². The van der Waals surface area contributed by atoms with Gasteiger partial charge in [0.05, 0.1) is 165 Å². The summed E-state index contributed by atoms with van der Waals surface area (Å²) in [4.78, 5) is 74.1. The van der Waals surface area contributed by atoms with Crippen LogP contribution in [-0.4, -0.2) is 255 Å². The highest BCUT2D eigenvalue weighted by molar-refractivity contribution is 6.13. The highest BCUT2D eigenvalue weighted by Gasteiger charge is 2.23. The standard InChI is InChI=1S/C48H87N5O20/c1-47(2,3)72-45(58)50-12-19-62-25-31-68-37-39-70-33-27-64-21-15-52(16-22-65-28-34-71-40-38-69-32-26-63-20-13-51-46(59)73-48(4,5)6)42(55)10-17-60-23-29-66-35-36-67-30-24-61-18-11-49-41(54)9-14-53-43(56)7-8-44(53)57/h7-8H,9-40H2,1-6H3,(H,49,54)(H,50,58)(H,51,59). The zero-order chi connectivity index (χ0) is 53.7. The number of nitrogens with one attached hydrogen (secondary N) is 3. The molecule has 0 aliphatic carbocycles. The van der Waals surface area contributed by atoms with Crippen LogP contribution in [0.2, 0.25) is 0 Å². The first-order valence-electron chi connectivity index (χ1n) is 25.0. The topological polar surface area (TPSA) is 274 Å². The summed E-state index contributed by atoms with van der Waals surface area (Å²) in [6.07, 6.45) is 1.57. The molecule has 0 aromatic carbocycles. The first kappa shape index (κ1) is 66.9. The Balaban J connectivity index is 2.18. The van der Waals surface area contributed by atoms with Gasteiger partial charge in [-0.3, -0.25) is 24.1 Å². The molecule has 0 fully saturated rings. The molecule has 0 unspecified atom stereocenters. The van der Waals surface area contributed by atoms with Crippen molar-refractivity contribution >= 4 is 35.8 Å². The molecule has 3 N–H and O–H groups in total. The van der Waals surface area contributed by atoms with E-state index in [1.807, 2.05) is 0 Å². The van der Waals surface area contributed by atoms with E-state index < -0.39 is 35.2 Å². The normalized spacial score (nSPS) is 12.7. The molecule has 0 saturated carbocycles. The molecule has 25 nitrogen and oxygen atoms in total. The molecule has 1 aliphatic heterocycles. The minimum Gasteiger partial charge on any atom is -0.444 e. The van der Waals surface area contributed by atoms with Gasteiger partial charge in [-0.25, -0.2) is 9.59 Å². The minimum atomic E-state index is -0.554. The monoisotopic (exact) mass is 1050 g/mol. The van der Waals surface area contributed by atoms with Gasteiger partial charge in [-0.1, -0.05) is 0 Å². The van der Waals surface area contributed by atoms with E-state index in [1.165, 1.54) is 12.2 Å². The average Bonchev–Trinajstić information content (AvgIpc) is 3.65. The molecule has 0 spiro atoms. The van der Waals surface area contributed by atoms with Gasteiger partial charge >= 0.3 is 12.2 Å². The lowest BCUT2D eigenvalue weighted by atomic mass is 10.2. The van der Waals surface area contributed by atoms with Crippen LogP contribution in [0.4, 0.5) is 9.59 Å². The van der Waals surface area contributed by atoms with Crippen molar-refractivity contribution in [1.29, 1.82) is 0 Å². The second-order valence-corrected chi connectivity index (χ2v) is 17.6. The van der Waals surface area contributed by atoms with Crippen LogP contribution >= 0.6 is 0 Å². The zero-order valence-corrected chi connectivity index (χ0v) is 44.3. The number of hydrogen-bond donors (Lipinski definition) is 3. The Bertz CT molecular complexity index is 1420. The summed E-state index contributed by atoms with van der Waals surface area (Å²) < 4.78 is 77.0. The lowest BCUT2D eigenvalue weighted by molar-refractivity contribution is -0.137. The van der Waals surface area contributed by atoms with E-state index in [4.69, 9.17) is 66.3 Å². The Labute approximate surface area is 431 Å². The van der Waals surface area contributed by atoms with Crippen LogP contribution in [0, 0.1) is 0 Å². The molecule has 0 aromatic heterocycles. The Morgan fingerprint density at radius 2 is 0.699 bits per heavy atom. The second-order valence-electron chi connectivity index (χ2n) is 17.6. The summed E-state index contributed by atoms with van der Waals surface area (Å²) in [5, 5.41) is 7.93. The number of nitrogens with zero attached hydrogens (tertiary/aromatic N) is 2. The van der Waals surface area contributed by atoms with Crippen molar-refractivity contribution in [2.45, 2.75) is 65.6 Å². The lowest BCUT2D eigenvalue weighted by Gasteiger charge is -2.23. The van der Waals surface area contributed by atoms with Crippen LogP contribution in [0.15, 0.2) is 12.2 Å². The van der Waals surface area contributed by atoms with Crippen molar-refractivity contribution in [3.8, 4) is 0 Å². The van der Waals surface area contributed by atoms with Crippen molar-refractivity contribution in [2.75, 3.05) is 198 Å². The fourth-order valence-electron chi connectivity index (χ4n) is 5.61. The molecule has 1 heterocycles. The van der Waals surface area contributed by atoms with Gasteiger partial charge < -0.3 is 87.2 Å². The number of ether oxygens (including phenoxy) is 14. The van der Waals surface area contributed by atoms with Gasteiger partial charge in [-0.2, -0.15) is 0 Å². The third kappa shape index (κ3) is 43.9. The molecule has 0 bridgehead atoms. The van der Waals surface area contributed by atoms with E-state index in [0.29, 0.717) is 172 Å². The largest absolute Gasteiger partial charge is 0.444 e. The van der Waals surface area contributed by atoms with Gasteiger partial charge in [-0.05, 0) is 41.5 Å². The van der Waals surface area contributed by atoms with E-state index in [-0.39, 0.29) is 51.0 Å². The lowest BCUT2D eigenvalue weighted by Crippen LogP contribution is -2.37. The van der Waals surface area contributed by atoms with Gasteiger partial charge in [0, 0.05) is 57.8 Å². The summed E-state index contributed by atoms with van der Waals surface area (Å²) in [5.41, 5.74) is -1.11. The second kappa shape index (κ2) is 44.2. The maximum atomic E-state index is 13.2. The fourth-order valence-corrected chi connectivity index (χ4v) is 5.61. The highest BCUT2D eigenvalue weighted by atomic mass is 16.6. The molecule has 1 aliphatic rings. The van der Waals surface area contributed by atoms with Gasteiger partial charge in [-0.15, -0.1) is 0 Å². The summed E-state index contributed by atoms with van der Waals surface area (Å²) in [6, 6.07) is 0. The third-order valence-electron chi connectivity index (χ3n) is 9.03. The third-order valence-corrected chi connectivity index (χ3v) is 9.03. The quantitative estimate of drug-likeness (QED) is 0.0564. The number of hydrogen-bond acceptors (Lipinski definition) is 20. The molecule has 73 heavy (non-hydrogen) atoms. The molecule has 6 amide bonds. The Hall–Kier alpha value is -4.12. The average molecular weight is 1050 g/mol. The first-order valence-corrected chi connectivity index (χ1v) is 25.0. The molecule has 1 rings (SSSR count). The maximum Gasteiger partial charge on any atom is 0.407 e. The highest BCUT2D eigenvalue weighted by Crippen LogP contribution is 2.07. The van der Waals surface area contributed by atoms with E-state index in [9.17, 15) is 28.8 Å². The van der Waals surface area contributed by atoms with E-state index >= 15 is 0 Å². The molecule has 0 aromatic rings. The molecule has 0 saturated heterocycles. The summed E-state index contributed by atoms with van der Waals surface area (Å²) >= 11 is 0. The van der Waals surface area contributed by atoms with E-state index in [2.05, 4.69) is 16.0 Å². The fraction of sp³-hybridized carbons (Fsp3) is 0.833. The Morgan fingerprint density at radius 3 is 1.03 bits per heavy atom. The van der Waals surface area contributed by atoms with Gasteiger partial charge in [0.15, 0.2) is 0 Å². The van der Waals surface area contributed by atoms with Crippen molar-refractivity contribution in [3.05, 3.63) is 12.2 Å². The smallest absolute Gasteiger partial charge is 0.407 e. The molecule has 0 radical (unpaired) electrons. The van der Waals surface area contributed by atoms with E-state index in [1.54, 1.807) is 46.4 Å². The van der Waals surface area contributed by atoms with Gasteiger partial charge in [0.2, 0.25) is 11.8 Å². The van der Waals surface area contributed by atoms with Crippen molar-refractivity contribution in [2.24, 2.45) is 0 Å². The van der Waals surface area contributed by atoms with Gasteiger partial charge in [0.25, 0.3) is 11.8 Å². The minimum absolute atomic E-state index is 0.0203. The van der Waals surface area contributed by atoms with Crippen molar-refractivity contribution < 1.29 is 95.1 Å². The number of rotatable bonds is 48. The van der Waals surface area contributed by atoms with Crippen LogP contribution in [0.25, 0.3) is 0 Å². The van der Waals surface area contributed by atoms with Crippen molar-refractivity contribution in [3.63, 3.8) is 0 Å². The molecular formula is C48H87N5O20. The van der Waals surface area contributed by atoms with Crippen LogP contribution in [0.1, 0.15) is 54.4 Å². The molecule has 424 valence electrons. The number of amides is 6. The summed E-state index contributed by atoms with van der Waals surface area (Å²) in [7, 11) is 0. The van der Waals surface area contributed by atoms with Gasteiger partial charge in [0.1, 0.15) is 11.2 Å². The molecular weight excluding hydrogens is 967 g/mol. The first-order chi connectivity index (χ1) is 35.1. The molecule has 25 heteroatoms. The zero-order valence-electron chi connectivity index (χ0n) is 44.3. The number of alkyl carbamates (subject to hydrolysis) is 2. The maximum absolute atomic E-state index is 13.2. The summed E-state index contributed by atoms with van der Waals surface area (Å²) in [6.45, 7) is 20.7. The summed E-state index contributed by atoms with van der Waals surface area (Å²) in [5.74, 6) is -1.23. The Kier molecular flexibility index (Phi) is 40.5. The number of carbonyl (C=O) groups excluding carboxylic acids is 6. The van der Waals surface area contributed by atoms with Crippen LogP contribution < -0.4 is 16.0 Å². The van der Waals surface area contributed by atoms with Crippen LogP contribution in [0.3, 0.4) is 0 Å². The van der Waals surface area contributed by atoms with Crippen LogP contribution in [-0.2, 0) is 85.5 Å². The predicted molar refractivity (Wildman–Crippen MR) is 263 cm³/mol. The predicted octanol–water partition coefficient (Wildman–Crippen LogP) is 0.885. The SMILES string of the molecule is CC(C)(C)OC(=O)NCCOCCOCCOCCOCCN(CCOCCOCCOCCOCCNC(=O)OC(C)(C)C)C(=O)CCOCCOCCOCCOCCNC(=O)CCN1C(=O)C=CC1=O. The Morgan fingerprint density at radius 1 is 0.411 bits per heavy atom. The number of imide groups is 1. The van der Waals surface area contributed by atoms with E-state index in [0.717, 1.165) is 4.90 Å². The van der Waals surface area contributed by atoms with Crippen molar-refractivity contribution in [1.82, 2.24) is 25.8 Å².